The number of nitrogens with zero attached hydrogens (tertiary/aromatic N) is 2. The third-order valence-electron chi connectivity index (χ3n) is 2.75. The van der Waals surface area contributed by atoms with E-state index in [-0.39, 0.29) is 15.8 Å². The quantitative estimate of drug-likeness (QED) is 0.551. The maximum absolute atomic E-state index is 13.7. The first-order valence-electron chi connectivity index (χ1n) is 6.11. The molecule has 2 aromatic rings. The molecule has 0 atom stereocenters. The molecule has 0 spiro atoms. The second-order valence-corrected chi connectivity index (χ2v) is 5.63. The fourth-order valence-corrected chi connectivity index (χ4v) is 2.53. The lowest BCUT2D eigenvalue weighted by Crippen LogP contribution is -2.13. The Kier molecular flexibility index (Phi) is 5.45. The smallest absolute Gasteiger partial charge is 0.160 e. The standard InChI is InChI=1S/C15H12Cl3FN2/c1-21(9-10-5-7-11(16)8-6-10)20-15(18)14-12(17)3-2-4-13(14)19/h2-8H,9H2,1H3/b20-15-. The van der Waals surface area contributed by atoms with Crippen molar-refractivity contribution in [1.29, 1.82) is 0 Å². The van der Waals surface area contributed by atoms with E-state index in [1.165, 1.54) is 12.1 Å². The summed E-state index contributed by atoms with van der Waals surface area (Å²) in [5.41, 5.74) is 1.11. The molecular formula is C15H12Cl3FN2. The van der Waals surface area contributed by atoms with Gasteiger partial charge in [-0.25, -0.2) is 4.39 Å². The van der Waals surface area contributed by atoms with E-state index in [0.717, 1.165) is 5.56 Å². The van der Waals surface area contributed by atoms with E-state index in [1.54, 1.807) is 30.3 Å². The van der Waals surface area contributed by atoms with E-state index in [9.17, 15) is 4.39 Å². The lowest BCUT2D eigenvalue weighted by molar-refractivity contribution is 0.348. The number of halogens is 4. The van der Waals surface area contributed by atoms with Crippen molar-refractivity contribution in [2.45, 2.75) is 6.54 Å². The highest BCUT2D eigenvalue weighted by atomic mass is 35.5. The maximum Gasteiger partial charge on any atom is 0.160 e. The fourth-order valence-electron chi connectivity index (χ4n) is 1.78. The second kappa shape index (κ2) is 7.12. The van der Waals surface area contributed by atoms with Crippen molar-refractivity contribution in [1.82, 2.24) is 5.01 Å². The highest BCUT2D eigenvalue weighted by Gasteiger charge is 2.12. The van der Waals surface area contributed by atoms with Gasteiger partial charge in [-0.15, -0.1) is 0 Å². The Morgan fingerprint density at radius 1 is 1.14 bits per heavy atom. The first kappa shape index (κ1) is 16.1. The molecule has 0 aliphatic heterocycles. The molecule has 0 heterocycles. The van der Waals surface area contributed by atoms with Crippen LogP contribution in [0.5, 0.6) is 0 Å². The van der Waals surface area contributed by atoms with Crippen molar-refractivity contribution < 1.29 is 4.39 Å². The average molecular weight is 346 g/mol. The molecule has 6 heteroatoms. The van der Waals surface area contributed by atoms with Gasteiger partial charge in [-0.05, 0) is 29.8 Å². The van der Waals surface area contributed by atoms with Crippen LogP contribution in [-0.4, -0.2) is 17.2 Å². The monoisotopic (exact) mass is 344 g/mol. The first-order chi connectivity index (χ1) is 9.97. The lowest BCUT2D eigenvalue weighted by Gasteiger charge is -2.14. The molecule has 0 aromatic heterocycles. The van der Waals surface area contributed by atoms with Crippen molar-refractivity contribution in [3.05, 3.63) is 69.5 Å². The minimum Gasteiger partial charge on any atom is -0.294 e. The summed E-state index contributed by atoms with van der Waals surface area (Å²) >= 11 is 17.8. The highest BCUT2D eigenvalue weighted by molar-refractivity contribution is 6.70. The SMILES string of the molecule is CN(Cc1ccc(Cl)cc1)/N=C(\Cl)c1c(F)cccc1Cl. The van der Waals surface area contributed by atoms with Gasteiger partial charge in [-0.2, -0.15) is 5.10 Å². The Hall–Kier alpha value is -1.29. The van der Waals surface area contributed by atoms with Crippen LogP contribution in [0.3, 0.4) is 0 Å². The molecule has 110 valence electrons. The Labute approximate surface area is 137 Å². The maximum atomic E-state index is 13.7. The van der Waals surface area contributed by atoms with Gasteiger partial charge in [-0.1, -0.05) is 53.0 Å². The summed E-state index contributed by atoms with van der Waals surface area (Å²) in [6.07, 6.45) is 0. The Morgan fingerprint density at radius 2 is 1.81 bits per heavy atom. The molecular weight excluding hydrogens is 334 g/mol. The Balaban J connectivity index is 2.16. The molecule has 0 saturated carbocycles. The molecule has 2 rings (SSSR count). The zero-order valence-electron chi connectivity index (χ0n) is 11.2. The normalized spacial score (nSPS) is 11.6. The molecule has 2 nitrogen and oxygen atoms in total. The molecule has 0 N–H and O–H groups in total. The van der Waals surface area contributed by atoms with Crippen molar-refractivity contribution in [3.63, 3.8) is 0 Å². The van der Waals surface area contributed by atoms with E-state index in [1.807, 2.05) is 12.1 Å². The zero-order valence-corrected chi connectivity index (χ0v) is 13.4. The largest absolute Gasteiger partial charge is 0.294 e. The van der Waals surface area contributed by atoms with Crippen LogP contribution in [-0.2, 0) is 6.54 Å². The first-order valence-corrected chi connectivity index (χ1v) is 7.25. The summed E-state index contributed by atoms with van der Waals surface area (Å²) in [5.74, 6) is -0.504. The van der Waals surface area contributed by atoms with Crippen LogP contribution in [0.1, 0.15) is 11.1 Å². The number of hydrogen-bond acceptors (Lipinski definition) is 2. The van der Waals surface area contributed by atoms with Gasteiger partial charge in [0, 0.05) is 12.1 Å². The third-order valence-corrected chi connectivity index (χ3v) is 3.58. The molecule has 0 aliphatic carbocycles. The number of hydrazone groups is 1. The van der Waals surface area contributed by atoms with Crippen molar-refractivity contribution in [2.24, 2.45) is 5.10 Å². The van der Waals surface area contributed by atoms with Gasteiger partial charge in [0.05, 0.1) is 17.1 Å². The minimum atomic E-state index is -0.504. The fraction of sp³-hybridized carbons (Fsp3) is 0.133. The molecule has 21 heavy (non-hydrogen) atoms. The van der Waals surface area contributed by atoms with Gasteiger partial charge in [0.2, 0.25) is 0 Å². The third kappa shape index (κ3) is 4.34. The molecule has 0 fully saturated rings. The molecule has 0 unspecified atom stereocenters. The molecule has 0 aliphatic rings. The van der Waals surface area contributed by atoms with Gasteiger partial charge in [0.15, 0.2) is 5.17 Å². The van der Waals surface area contributed by atoms with Gasteiger partial charge >= 0.3 is 0 Å². The van der Waals surface area contributed by atoms with E-state index in [4.69, 9.17) is 34.8 Å². The van der Waals surface area contributed by atoms with E-state index < -0.39 is 5.82 Å². The van der Waals surface area contributed by atoms with Gasteiger partial charge in [0.1, 0.15) is 5.82 Å². The molecule has 2 aromatic carbocycles. The summed E-state index contributed by atoms with van der Waals surface area (Å²) in [5, 5.41) is 6.65. The van der Waals surface area contributed by atoms with Crippen LogP contribution < -0.4 is 0 Å². The predicted octanol–water partition coefficient (Wildman–Crippen LogP) is 5.16. The number of rotatable bonds is 4. The van der Waals surface area contributed by atoms with Gasteiger partial charge in [0.25, 0.3) is 0 Å². The molecule has 0 radical (unpaired) electrons. The van der Waals surface area contributed by atoms with Gasteiger partial charge in [-0.3, -0.25) is 5.01 Å². The molecule has 0 amide bonds. The topological polar surface area (TPSA) is 15.6 Å². The van der Waals surface area contributed by atoms with Crippen molar-refractivity contribution in [2.75, 3.05) is 7.05 Å². The van der Waals surface area contributed by atoms with Crippen molar-refractivity contribution >= 4 is 40.0 Å². The summed E-state index contributed by atoms with van der Waals surface area (Å²) in [6, 6.07) is 11.7. The van der Waals surface area contributed by atoms with E-state index >= 15 is 0 Å². The summed E-state index contributed by atoms with van der Waals surface area (Å²) < 4.78 is 13.7. The van der Waals surface area contributed by atoms with Crippen LogP contribution in [0.15, 0.2) is 47.6 Å². The predicted molar refractivity (Wildman–Crippen MR) is 86.7 cm³/mol. The number of hydrogen-bond donors (Lipinski definition) is 0. The Morgan fingerprint density at radius 3 is 2.43 bits per heavy atom. The summed E-state index contributed by atoms with van der Waals surface area (Å²) in [4.78, 5) is 0. The lowest BCUT2D eigenvalue weighted by atomic mass is 10.2. The van der Waals surface area contributed by atoms with Crippen LogP contribution in [0.4, 0.5) is 4.39 Å². The van der Waals surface area contributed by atoms with E-state index in [2.05, 4.69) is 5.10 Å². The van der Waals surface area contributed by atoms with Crippen LogP contribution in [0.2, 0.25) is 10.0 Å². The van der Waals surface area contributed by atoms with Crippen LogP contribution in [0, 0.1) is 5.82 Å². The Bertz CT molecular complexity index is 636. The van der Waals surface area contributed by atoms with Crippen molar-refractivity contribution in [3.8, 4) is 0 Å². The zero-order chi connectivity index (χ0) is 15.4. The molecule has 0 saturated heterocycles. The van der Waals surface area contributed by atoms with E-state index in [0.29, 0.717) is 11.6 Å². The summed E-state index contributed by atoms with van der Waals surface area (Å²) in [7, 11) is 1.74. The average Bonchev–Trinajstić information content (AvgIpc) is 2.41. The second-order valence-electron chi connectivity index (χ2n) is 4.43. The van der Waals surface area contributed by atoms with Gasteiger partial charge < -0.3 is 0 Å². The van der Waals surface area contributed by atoms with Crippen LogP contribution >= 0.6 is 34.8 Å². The number of benzene rings is 2. The van der Waals surface area contributed by atoms with Crippen LogP contribution in [0.25, 0.3) is 0 Å². The molecule has 0 bridgehead atoms. The summed E-state index contributed by atoms with van der Waals surface area (Å²) in [6.45, 7) is 0.513. The highest BCUT2D eigenvalue weighted by Crippen LogP contribution is 2.22. The minimum absolute atomic E-state index is 0.00886.